The monoisotopic (exact) mass is 194 g/mol. The van der Waals surface area contributed by atoms with Gasteiger partial charge >= 0.3 is 0 Å². The smallest absolute Gasteiger partial charge is 0.0468 e. The average Bonchev–Trinajstić information content (AvgIpc) is 1.89. The van der Waals surface area contributed by atoms with Gasteiger partial charge in [0, 0.05) is 18.5 Å². The van der Waals surface area contributed by atoms with Crippen LogP contribution in [0.25, 0.3) is 0 Å². The van der Waals surface area contributed by atoms with Crippen LogP contribution < -0.4 is 0 Å². The van der Waals surface area contributed by atoms with Gasteiger partial charge in [-0.1, -0.05) is 22.9 Å². The Hall–Kier alpha value is 0.440. The third kappa shape index (κ3) is 6.32. The van der Waals surface area contributed by atoms with Gasteiger partial charge in [0.15, 0.2) is 0 Å². The molecule has 0 radical (unpaired) electrons. The van der Waals surface area contributed by atoms with Gasteiger partial charge in [0.1, 0.15) is 0 Å². The molecule has 1 nitrogen and oxygen atoms in total. The van der Waals surface area contributed by atoms with Crippen molar-refractivity contribution in [1.29, 1.82) is 0 Å². The van der Waals surface area contributed by atoms with Gasteiger partial charge in [-0.05, 0) is 19.3 Å². The molecule has 0 aliphatic heterocycles. The van der Waals surface area contributed by atoms with Gasteiger partial charge in [0.25, 0.3) is 0 Å². The second-order valence-corrected chi connectivity index (χ2v) is 2.89. The Labute approximate surface area is 65.9 Å². The van der Waals surface area contributed by atoms with Crippen LogP contribution in [0.15, 0.2) is 0 Å². The van der Waals surface area contributed by atoms with Gasteiger partial charge in [-0.15, -0.1) is 0 Å². The number of ether oxygens (including phenoxy) is 1. The first-order valence-corrected chi connectivity index (χ1v) is 4.57. The fourth-order valence-electron chi connectivity index (χ4n) is 0.506. The lowest BCUT2D eigenvalue weighted by Crippen LogP contribution is -2.02. The molecule has 0 bridgehead atoms. The average molecular weight is 195 g/mol. The third-order valence-electron chi connectivity index (χ3n) is 1.22. The minimum absolute atomic E-state index is 0.747. The minimum atomic E-state index is 0.747. The number of alkyl halides is 1. The summed E-state index contributed by atoms with van der Waals surface area (Å²) in [6.45, 7) is 5.99. The van der Waals surface area contributed by atoms with E-state index in [0.717, 1.165) is 24.5 Å². The van der Waals surface area contributed by atoms with Crippen LogP contribution in [0.3, 0.4) is 0 Å². The summed E-state index contributed by atoms with van der Waals surface area (Å²) in [7, 11) is 0. The van der Waals surface area contributed by atoms with Gasteiger partial charge in [-0.3, -0.25) is 0 Å². The van der Waals surface area contributed by atoms with Crippen molar-refractivity contribution in [2.24, 2.45) is 5.92 Å². The van der Waals surface area contributed by atoms with Crippen molar-refractivity contribution in [3.63, 3.8) is 0 Å². The lowest BCUT2D eigenvalue weighted by atomic mass is 10.1. The summed E-state index contributed by atoms with van der Waals surface area (Å²) in [6.07, 6.45) is 1.17. The molecule has 0 saturated carbocycles. The van der Waals surface area contributed by atoms with Crippen molar-refractivity contribution in [2.45, 2.75) is 20.3 Å². The zero-order valence-corrected chi connectivity index (χ0v) is 7.78. The molecule has 2 heteroatoms. The first-order chi connectivity index (χ1) is 4.31. The Bertz CT molecular complexity index is 56.9. The Morgan fingerprint density at radius 3 is 2.67 bits per heavy atom. The van der Waals surface area contributed by atoms with Crippen molar-refractivity contribution in [2.75, 3.05) is 18.5 Å². The van der Waals surface area contributed by atoms with Crippen molar-refractivity contribution in [1.82, 2.24) is 0 Å². The van der Waals surface area contributed by atoms with Crippen LogP contribution in [-0.4, -0.2) is 18.5 Å². The normalized spacial score (nSPS) is 13.7. The highest BCUT2D eigenvalue weighted by Gasteiger charge is 1.97. The Morgan fingerprint density at radius 2 is 2.22 bits per heavy atom. The maximum Gasteiger partial charge on any atom is 0.0468 e. The topological polar surface area (TPSA) is 9.23 Å². The summed E-state index contributed by atoms with van der Waals surface area (Å²) in [4.78, 5) is 0. The van der Waals surface area contributed by atoms with Crippen LogP contribution in [0.1, 0.15) is 20.3 Å². The number of hydrogen-bond acceptors (Lipinski definition) is 1. The molecule has 0 heterocycles. The van der Waals surface area contributed by atoms with Crippen molar-refractivity contribution < 1.29 is 4.74 Å². The van der Waals surface area contributed by atoms with Crippen molar-refractivity contribution in [3.05, 3.63) is 0 Å². The highest BCUT2D eigenvalue weighted by Crippen LogP contribution is 2.04. The molecule has 0 saturated heterocycles. The molecule has 1 atom stereocenters. The van der Waals surface area contributed by atoms with E-state index in [4.69, 9.17) is 4.74 Å². The second-order valence-electron chi connectivity index (χ2n) is 2.25. The summed E-state index contributed by atoms with van der Waals surface area (Å²) in [5.41, 5.74) is 0. The van der Waals surface area contributed by atoms with E-state index in [9.17, 15) is 0 Å². The molecule has 0 spiro atoms. The SMILES string of the molecule is CCOCCC(C)CBr. The molecule has 9 heavy (non-hydrogen) atoms. The molecule has 0 aliphatic rings. The third-order valence-corrected chi connectivity index (χ3v) is 2.33. The zero-order valence-electron chi connectivity index (χ0n) is 6.19. The lowest BCUT2D eigenvalue weighted by Gasteiger charge is -2.05. The first kappa shape index (κ1) is 9.44. The van der Waals surface area contributed by atoms with Crippen LogP contribution in [0, 0.1) is 5.92 Å². The molecule has 0 fully saturated rings. The predicted molar refractivity (Wildman–Crippen MR) is 44.1 cm³/mol. The van der Waals surface area contributed by atoms with Crippen LogP contribution in [0.5, 0.6) is 0 Å². The molecule has 0 aromatic heterocycles. The molecule has 0 rings (SSSR count). The van der Waals surface area contributed by atoms with Gasteiger partial charge < -0.3 is 4.74 Å². The molecule has 56 valence electrons. The largest absolute Gasteiger partial charge is 0.382 e. The fraction of sp³-hybridized carbons (Fsp3) is 1.00. The summed E-state index contributed by atoms with van der Waals surface area (Å²) in [5, 5.41) is 1.08. The van der Waals surface area contributed by atoms with E-state index >= 15 is 0 Å². The van der Waals surface area contributed by atoms with Crippen molar-refractivity contribution in [3.8, 4) is 0 Å². The predicted octanol–water partition coefficient (Wildman–Crippen LogP) is 2.44. The summed E-state index contributed by atoms with van der Waals surface area (Å²) < 4.78 is 5.19. The fourth-order valence-corrected chi connectivity index (χ4v) is 0.830. The Morgan fingerprint density at radius 1 is 1.56 bits per heavy atom. The lowest BCUT2D eigenvalue weighted by molar-refractivity contribution is 0.136. The van der Waals surface area contributed by atoms with E-state index < -0.39 is 0 Å². The van der Waals surface area contributed by atoms with E-state index in [1.165, 1.54) is 6.42 Å². The highest BCUT2D eigenvalue weighted by molar-refractivity contribution is 9.09. The van der Waals surface area contributed by atoms with E-state index in [0.29, 0.717) is 0 Å². The van der Waals surface area contributed by atoms with E-state index in [-0.39, 0.29) is 0 Å². The summed E-state index contributed by atoms with van der Waals surface area (Å²) in [6, 6.07) is 0. The van der Waals surface area contributed by atoms with Crippen LogP contribution >= 0.6 is 15.9 Å². The Balaban J connectivity index is 2.88. The first-order valence-electron chi connectivity index (χ1n) is 3.45. The van der Waals surface area contributed by atoms with Gasteiger partial charge in [-0.2, -0.15) is 0 Å². The maximum absolute atomic E-state index is 5.19. The molecule has 0 aromatic rings. The molecule has 0 aliphatic carbocycles. The van der Waals surface area contributed by atoms with Gasteiger partial charge in [-0.25, -0.2) is 0 Å². The summed E-state index contributed by atoms with van der Waals surface area (Å²) >= 11 is 3.41. The number of rotatable bonds is 5. The second kappa shape index (κ2) is 6.56. The molecular formula is C7H15BrO. The van der Waals surface area contributed by atoms with E-state index in [2.05, 4.69) is 22.9 Å². The van der Waals surface area contributed by atoms with Crippen LogP contribution in [-0.2, 0) is 4.74 Å². The van der Waals surface area contributed by atoms with Crippen LogP contribution in [0.2, 0.25) is 0 Å². The molecule has 0 N–H and O–H groups in total. The van der Waals surface area contributed by atoms with Crippen LogP contribution in [0.4, 0.5) is 0 Å². The van der Waals surface area contributed by atoms with E-state index in [1.807, 2.05) is 6.92 Å². The molecular weight excluding hydrogens is 180 g/mol. The number of halogens is 1. The van der Waals surface area contributed by atoms with E-state index in [1.54, 1.807) is 0 Å². The van der Waals surface area contributed by atoms with Crippen molar-refractivity contribution >= 4 is 15.9 Å². The van der Waals surface area contributed by atoms with Gasteiger partial charge in [0.2, 0.25) is 0 Å². The maximum atomic E-state index is 5.19. The molecule has 0 amide bonds. The highest BCUT2D eigenvalue weighted by atomic mass is 79.9. The minimum Gasteiger partial charge on any atom is -0.382 e. The standard InChI is InChI=1S/C7H15BrO/c1-3-9-5-4-7(2)6-8/h7H,3-6H2,1-2H3. The quantitative estimate of drug-likeness (QED) is 0.483. The number of hydrogen-bond donors (Lipinski definition) is 0. The Kier molecular flexibility index (Phi) is 6.88. The zero-order chi connectivity index (χ0) is 7.11. The summed E-state index contributed by atoms with van der Waals surface area (Å²) in [5.74, 6) is 0.747. The van der Waals surface area contributed by atoms with Gasteiger partial charge in [0.05, 0.1) is 0 Å². The molecule has 0 aromatic carbocycles. The molecule has 1 unspecified atom stereocenters.